The average Bonchev–Trinajstić information content (AvgIpc) is 3.34. The molecule has 1 aromatic carbocycles. The Bertz CT molecular complexity index is 979. The van der Waals surface area contributed by atoms with E-state index < -0.39 is 0 Å². The first-order valence-electron chi connectivity index (χ1n) is 9.10. The van der Waals surface area contributed by atoms with Crippen molar-refractivity contribution in [3.63, 3.8) is 0 Å². The zero-order valence-electron chi connectivity index (χ0n) is 15.0. The third-order valence-electron chi connectivity index (χ3n) is 5.38. The molecule has 4 heterocycles. The molecular weight excluding hydrogens is 344 g/mol. The molecule has 2 atom stereocenters. The maximum Gasteiger partial charge on any atom is 0.272 e. The minimum atomic E-state index is -0.0159. The number of likely N-dealkylation sites (tertiary alicyclic amines) is 1. The normalized spacial score (nSPS) is 21.6. The number of nitrogens with zero attached hydrogens (tertiary/aromatic N) is 6. The fourth-order valence-electron chi connectivity index (χ4n) is 3.94. The second-order valence-electron chi connectivity index (χ2n) is 7.03. The number of amides is 1. The van der Waals surface area contributed by atoms with Gasteiger partial charge in [-0.3, -0.25) is 9.48 Å². The molecule has 1 fully saturated rings. The Hall–Kier alpha value is -3.00. The highest BCUT2D eigenvalue weighted by molar-refractivity contribution is 5.93. The summed E-state index contributed by atoms with van der Waals surface area (Å²) >= 11 is 0. The molecule has 0 radical (unpaired) electrons. The predicted molar refractivity (Wildman–Crippen MR) is 96.8 cm³/mol. The summed E-state index contributed by atoms with van der Waals surface area (Å²) in [4.78, 5) is 15.0. The fraction of sp³-hybridized carbons (Fsp3) is 0.368. The van der Waals surface area contributed by atoms with Crippen LogP contribution in [0.1, 0.15) is 28.6 Å². The summed E-state index contributed by atoms with van der Waals surface area (Å²) in [5.74, 6) is -0.0159. The van der Waals surface area contributed by atoms with E-state index in [0.717, 1.165) is 23.4 Å². The van der Waals surface area contributed by atoms with Crippen LogP contribution in [-0.2, 0) is 18.4 Å². The maximum absolute atomic E-state index is 13.2. The van der Waals surface area contributed by atoms with Crippen LogP contribution in [0.15, 0.2) is 42.6 Å². The second-order valence-corrected chi connectivity index (χ2v) is 7.03. The number of aromatic nitrogens is 5. The Kier molecular flexibility index (Phi) is 3.78. The summed E-state index contributed by atoms with van der Waals surface area (Å²) in [6, 6.07) is 11.8. The van der Waals surface area contributed by atoms with E-state index in [2.05, 4.69) is 15.4 Å². The largest absolute Gasteiger partial charge is 0.370 e. The molecular formula is C19H20N6O2. The van der Waals surface area contributed by atoms with Crippen LogP contribution >= 0.6 is 0 Å². The number of hydrogen-bond donors (Lipinski definition) is 0. The van der Waals surface area contributed by atoms with E-state index in [4.69, 9.17) is 4.74 Å². The van der Waals surface area contributed by atoms with Crippen molar-refractivity contribution in [3.8, 4) is 11.3 Å². The van der Waals surface area contributed by atoms with Gasteiger partial charge in [-0.1, -0.05) is 35.5 Å². The monoisotopic (exact) mass is 364 g/mol. The Balaban J connectivity index is 1.40. The lowest BCUT2D eigenvalue weighted by molar-refractivity contribution is -0.0606. The van der Waals surface area contributed by atoms with Gasteiger partial charge in [-0.25, -0.2) is 4.68 Å². The van der Waals surface area contributed by atoms with Gasteiger partial charge in [0.2, 0.25) is 0 Å². The van der Waals surface area contributed by atoms with Gasteiger partial charge in [-0.15, -0.1) is 5.10 Å². The number of ether oxygens (including phenoxy) is 1. The van der Waals surface area contributed by atoms with Crippen molar-refractivity contribution >= 4 is 5.91 Å². The number of fused-ring (bicyclic) bond motifs is 3. The van der Waals surface area contributed by atoms with Crippen molar-refractivity contribution in [1.82, 2.24) is 29.7 Å². The van der Waals surface area contributed by atoms with E-state index in [0.29, 0.717) is 25.4 Å². The second kappa shape index (κ2) is 6.31. The molecule has 2 aliphatic rings. The standard InChI is InChI=1S/C19H20N6O2/c1-23-16(9-15(21-23)13-5-3-2-4-6-13)19(26)24-8-7-18-17(11-24)25-14(12-27-18)10-20-22-25/h2-6,9-10,17-18H,7-8,11-12H2,1H3/t17-,18+/m1/s1. The number of carbonyl (C=O) groups is 1. The molecule has 1 saturated heterocycles. The van der Waals surface area contributed by atoms with Crippen LogP contribution in [0, 0.1) is 0 Å². The van der Waals surface area contributed by atoms with Gasteiger partial charge >= 0.3 is 0 Å². The molecule has 0 saturated carbocycles. The molecule has 0 unspecified atom stereocenters. The van der Waals surface area contributed by atoms with E-state index in [1.54, 1.807) is 10.9 Å². The third kappa shape index (κ3) is 2.73. The highest BCUT2D eigenvalue weighted by atomic mass is 16.5. The predicted octanol–water partition coefficient (Wildman–Crippen LogP) is 1.66. The highest BCUT2D eigenvalue weighted by Crippen LogP contribution is 2.31. The molecule has 2 aliphatic heterocycles. The lowest BCUT2D eigenvalue weighted by atomic mass is 10.00. The van der Waals surface area contributed by atoms with E-state index in [1.165, 1.54) is 0 Å². The quantitative estimate of drug-likeness (QED) is 0.691. The Labute approximate surface area is 156 Å². The van der Waals surface area contributed by atoms with Crippen LogP contribution in [0.5, 0.6) is 0 Å². The third-order valence-corrected chi connectivity index (χ3v) is 5.38. The van der Waals surface area contributed by atoms with Crippen molar-refractivity contribution < 1.29 is 9.53 Å². The zero-order chi connectivity index (χ0) is 18.4. The first kappa shape index (κ1) is 16.2. The molecule has 0 bridgehead atoms. The lowest BCUT2D eigenvalue weighted by Gasteiger charge is -2.40. The number of benzene rings is 1. The van der Waals surface area contributed by atoms with E-state index in [-0.39, 0.29) is 18.1 Å². The van der Waals surface area contributed by atoms with Crippen LogP contribution in [0.2, 0.25) is 0 Å². The van der Waals surface area contributed by atoms with Gasteiger partial charge in [0.15, 0.2) is 0 Å². The Morgan fingerprint density at radius 3 is 2.96 bits per heavy atom. The topological polar surface area (TPSA) is 78.1 Å². The van der Waals surface area contributed by atoms with Gasteiger partial charge in [0, 0.05) is 25.7 Å². The summed E-state index contributed by atoms with van der Waals surface area (Å²) in [5, 5.41) is 12.7. The van der Waals surface area contributed by atoms with Crippen molar-refractivity contribution in [1.29, 1.82) is 0 Å². The van der Waals surface area contributed by atoms with Gasteiger partial charge in [0.25, 0.3) is 5.91 Å². The first-order valence-corrected chi connectivity index (χ1v) is 9.10. The minimum Gasteiger partial charge on any atom is -0.370 e. The molecule has 138 valence electrons. The van der Waals surface area contributed by atoms with Gasteiger partial charge in [-0.2, -0.15) is 5.10 Å². The van der Waals surface area contributed by atoms with Gasteiger partial charge in [-0.05, 0) is 12.5 Å². The highest BCUT2D eigenvalue weighted by Gasteiger charge is 2.38. The van der Waals surface area contributed by atoms with E-state index in [9.17, 15) is 4.79 Å². The number of aryl methyl sites for hydroxylation is 1. The molecule has 0 N–H and O–H groups in total. The van der Waals surface area contributed by atoms with Crippen LogP contribution in [-0.4, -0.2) is 54.8 Å². The number of hydrogen-bond acceptors (Lipinski definition) is 5. The van der Waals surface area contributed by atoms with E-state index >= 15 is 0 Å². The van der Waals surface area contributed by atoms with Crippen LogP contribution in [0.25, 0.3) is 11.3 Å². The summed E-state index contributed by atoms with van der Waals surface area (Å²) in [6.45, 7) is 1.76. The fourth-order valence-corrected chi connectivity index (χ4v) is 3.94. The number of rotatable bonds is 2. The average molecular weight is 364 g/mol. The molecule has 8 heteroatoms. The van der Waals surface area contributed by atoms with Crippen LogP contribution < -0.4 is 0 Å². The van der Waals surface area contributed by atoms with Gasteiger partial charge in [0.1, 0.15) is 5.69 Å². The van der Waals surface area contributed by atoms with Gasteiger partial charge < -0.3 is 9.64 Å². The first-order chi connectivity index (χ1) is 13.2. The van der Waals surface area contributed by atoms with Crippen LogP contribution in [0.3, 0.4) is 0 Å². The smallest absolute Gasteiger partial charge is 0.272 e. The molecule has 1 amide bonds. The van der Waals surface area contributed by atoms with Crippen molar-refractivity contribution in [2.24, 2.45) is 7.05 Å². The summed E-state index contributed by atoms with van der Waals surface area (Å²) in [7, 11) is 1.81. The minimum absolute atomic E-state index is 0.00997. The van der Waals surface area contributed by atoms with Crippen LogP contribution in [0.4, 0.5) is 0 Å². The summed E-state index contributed by atoms with van der Waals surface area (Å²) in [6.07, 6.45) is 2.60. The molecule has 3 aromatic rings. The Morgan fingerprint density at radius 2 is 2.11 bits per heavy atom. The molecule has 8 nitrogen and oxygen atoms in total. The van der Waals surface area contributed by atoms with E-state index in [1.807, 2.05) is 53.0 Å². The molecule has 27 heavy (non-hydrogen) atoms. The number of piperidine rings is 1. The van der Waals surface area contributed by atoms with Crippen molar-refractivity contribution in [2.75, 3.05) is 13.1 Å². The Morgan fingerprint density at radius 1 is 1.26 bits per heavy atom. The zero-order valence-corrected chi connectivity index (χ0v) is 15.0. The molecule has 0 aliphatic carbocycles. The van der Waals surface area contributed by atoms with Crippen molar-refractivity contribution in [3.05, 3.63) is 54.0 Å². The summed E-state index contributed by atoms with van der Waals surface area (Å²) < 4.78 is 9.50. The van der Waals surface area contributed by atoms with Gasteiger partial charge in [0.05, 0.1) is 36.3 Å². The molecule has 2 aromatic heterocycles. The lowest BCUT2D eigenvalue weighted by Crippen LogP contribution is -2.50. The SMILES string of the molecule is Cn1nc(-c2ccccc2)cc1C(=O)N1CC[C@@H]2OCc3cnnn3[C@@H]2C1. The number of carbonyl (C=O) groups excluding carboxylic acids is 1. The molecule has 5 rings (SSSR count). The summed E-state index contributed by atoms with van der Waals surface area (Å²) in [5.41, 5.74) is 3.34. The van der Waals surface area contributed by atoms with Crippen molar-refractivity contribution in [2.45, 2.75) is 25.2 Å². The maximum atomic E-state index is 13.2. The molecule has 0 spiro atoms.